The number of benzene rings is 1. The third kappa shape index (κ3) is 4.65. The number of anilines is 1. The van der Waals surface area contributed by atoms with Crippen molar-refractivity contribution in [1.29, 1.82) is 5.26 Å². The van der Waals surface area contributed by atoms with Crippen LogP contribution in [0.5, 0.6) is 0 Å². The molecule has 1 amide bonds. The van der Waals surface area contributed by atoms with Crippen molar-refractivity contribution in [3.63, 3.8) is 0 Å². The fourth-order valence-electron chi connectivity index (χ4n) is 3.68. The molecule has 0 bridgehead atoms. The van der Waals surface area contributed by atoms with Gasteiger partial charge < -0.3 is 14.6 Å². The smallest absolute Gasteiger partial charge is 0.235 e. The van der Waals surface area contributed by atoms with Crippen LogP contribution < -0.4 is 5.32 Å². The Morgan fingerprint density at radius 1 is 1.39 bits per heavy atom. The highest BCUT2D eigenvalue weighted by molar-refractivity contribution is 7.99. The summed E-state index contributed by atoms with van der Waals surface area (Å²) >= 11 is 1.24. The first kappa shape index (κ1) is 21.2. The van der Waals surface area contributed by atoms with Crippen LogP contribution in [0.4, 0.5) is 5.82 Å². The minimum atomic E-state index is -0.210. The number of nitrogens with one attached hydrogen (secondary N) is 2. The lowest BCUT2D eigenvalue weighted by molar-refractivity contribution is -0.113. The summed E-state index contributed by atoms with van der Waals surface area (Å²) < 4.78 is 7.75. The Morgan fingerprint density at radius 2 is 2.19 bits per heavy atom. The van der Waals surface area contributed by atoms with E-state index in [9.17, 15) is 10.1 Å². The molecule has 160 valence electrons. The number of amides is 1. The summed E-state index contributed by atoms with van der Waals surface area (Å²) in [6.07, 6.45) is 2.12. The number of aromatic nitrogens is 4. The Bertz CT molecular complexity index is 1110. The number of nitrogens with zero attached hydrogens (tertiary/aromatic N) is 4. The predicted molar refractivity (Wildman–Crippen MR) is 119 cm³/mol. The van der Waals surface area contributed by atoms with Gasteiger partial charge in [-0.1, -0.05) is 42.1 Å². The number of hydrogen-bond acceptors (Lipinski definition) is 6. The molecule has 1 atom stereocenters. The van der Waals surface area contributed by atoms with Gasteiger partial charge in [-0.2, -0.15) is 5.26 Å². The van der Waals surface area contributed by atoms with Crippen molar-refractivity contribution in [2.45, 2.75) is 44.5 Å². The molecule has 0 saturated carbocycles. The highest BCUT2D eigenvalue weighted by atomic mass is 32.2. The van der Waals surface area contributed by atoms with Gasteiger partial charge in [0.15, 0.2) is 5.82 Å². The van der Waals surface area contributed by atoms with Crippen molar-refractivity contribution >= 4 is 23.5 Å². The zero-order valence-corrected chi connectivity index (χ0v) is 18.3. The van der Waals surface area contributed by atoms with Crippen molar-refractivity contribution in [2.24, 2.45) is 0 Å². The molecule has 2 N–H and O–H groups in total. The van der Waals surface area contributed by atoms with Crippen LogP contribution in [0, 0.1) is 25.2 Å². The van der Waals surface area contributed by atoms with E-state index in [0.29, 0.717) is 28.9 Å². The maximum Gasteiger partial charge on any atom is 0.235 e. The van der Waals surface area contributed by atoms with Gasteiger partial charge in [-0.3, -0.25) is 9.89 Å². The van der Waals surface area contributed by atoms with Crippen LogP contribution in [0.15, 0.2) is 35.5 Å². The van der Waals surface area contributed by atoms with Crippen LogP contribution in [-0.4, -0.2) is 44.1 Å². The van der Waals surface area contributed by atoms with Gasteiger partial charge in [-0.25, -0.2) is 4.98 Å². The zero-order chi connectivity index (χ0) is 21.8. The molecule has 1 aromatic carbocycles. The molecule has 9 heteroatoms. The van der Waals surface area contributed by atoms with E-state index in [1.54, 1.807) is 0 Å². The van der Waals surface area contributed by atoms with Crippen molar-refractivity contribution in [3.05, 3.63) is 47.2 Å². The van der Waals surface area contributed by atoms with Gasteiger partial charge in [-0.15, -0.1) is 5.10 Å². The molecule has 31 heavy (non-hydrogen) atoms. The average Bonchev–Trinajstić information content (AvgIpc) is 3.51. The van der Waals surface area contributed by atoms with E-state index < -0.39 is 0 Å². The second-order valence-electron chi connectivity index (χ2n) is 7.46. The van der Waals surface area contributed by atoms with Crippen LogP contribution in [0.25, 0.3) is 11.4 Å². The first-order chi connectivity index (χ1) is 15.1. The normalized spacial score (nSPS) is 15.7. The topological polar surface area (TPSA) is 109 Å². The van der Waals surface area contributed by atoms with Crippen molar-refractivity contribution in [2.75, 3.05) is 17.7 Å². The summed E-state index contributed by atoms with van der Waals surface area (Å²) in [5.41, 5.74) is 3.28. The fraction of sp³-hybridized carbons (Fsp3) is 0.364. The standard InChI is InChI=1S/C22H24N6O2S/c1-14-15(2)28(12-17-9-6-10-30-17)21(18(14)11-23)24-19(29)13-31-22-25-20(26-27-22)16-7-4-3-5-8-16/h3-5,7-8,17H,6,9-10,12-13H2,1-2H3,(H,24,29)(H,25,26,27)/t17-/m0/s1. The molecule has 0 spiro atoms. The van der Waals surface area contributed by atoms with Crippen molar-refractivity contribution in [3.8, 4) is 17.5 Å². The molecule has 0 aliphatic carbocycles. The van der Waals surface area contributed by atoms with Crippen molar-refractivity contribution in [1.82, 2.24) is 19.7 Å². The predicted octanol–water partition coefficient (Wildman–Crippen LogP) is 3.67. The van der Waals surface area contributed by atoms with Gasteiger partial charge in [0.2, 0.25) is 11.1 Å². The number of thioether (sulfide) groups is 1. The van der Waals surface area contributed by atoms with E-state index in [1.807, 2.05) is 48.7 Å². The largest absolute Gasteiger partial charge is 0.376 e. The fourth-order valence-corrected chi connectivity index (χ4v) is 4.28. The number of ether oxygens (including phenoxy) is 1. The second kappa shape index (κ2) is 9.37. The molecule has 4 rings (SSSR count). The van der Waals surface area contributed by atoms with Gasteiger partial charge in [0.05, 0.1) is 24.0 Å². The first-order valence-electron chi connectivity index (χ1n) is 10.2. The number of nitriles is 1. The quantitative estimate of drug-likeness (QED) is 0.547. The summed E-state index contributed by atoms with van der Waals surface area (Å²) in [6.45, 7) is 5.25. The molecule has 0 unspecified atom stereocenters. The number of aromatic amines is 1. The molecule has 0 radical (unpaired) electrons. The molecule has 8 nitrogen and oxygen atoms in total. The summed E-state index contributed by atoms with van der Waals surface area (Å²) in [6, 6.07) is 11.9. The third-order valence-corrected chi connectivity index (χ3v) is 6.30. The van der Waals surface area contributed by atoms with Crippen LogP contribution in [0.1, 0.15) is 29.7 Å². The number of H-pyrrole nitrogens is 1. The number of carbonyl (C=O) groups excluding carboxylic acids is 1. The van der Waals surface area contributed by atoms with Gasteiger partial charge in [0.25, 0.3) is 0 Å². The molecule has 2 aromatic heterocycles. The Hall–Kier alpha value is -3.09. The lowest BCUT2D eigenvalue weighted by Crippen LogP contribution is -2.22. The maximum absolute atomic E-state index is 12.7. The van der Waals surface area contributed by atoms with E-state index in [0.717, 1.165) is 36.3 Å². The Labute approximate surface area is 185 Å². The first-order valence-corrected chi connectivity index (χ1v) is 11.2. The molecule has 3 aromatic rings. The Morgan fingerprint density at radius 3 is 2.90 bits per heavy atom. The van der Waals surface area contributed by atoms with Crippen LogP contribution in [-0.2, 0) is 16.1 Å². The van der Waals surface area contributed by atoms with Gasteiger partial charge in [-0.05, 0) is 32.3 Å². The van der Waals surface area contributed by atoms with Gasteiger partial charge in [0.1, 0.15) is 11.9 Å². The van der Waals surface area contributed by atoms with Gasteiger partial charge in [0, 0.05) is 17.9 Å². The van der Waals surface area contributed by atoms with E-state index >= 15 is 0 Å². The summed E-state index contributed by atoms with van der Waals surface area (Å²) in [4.78, 5) is 17.1. The van der Waals surface area contributed by atoms with E-state index in [1.165, 1.54) is 11.8 Å². The lowest BCUT2D eigenvalue weighted by atomic mass is 10.2. The number of rotatable bonds is 7. The van der Waals surface area contributed by atoms with E-state index in [-0.39, 0.29) is 17.8 Å². The molecule has 1 saturated heterocycles. The van der Waals surface area contributed by atoms with Crippen LogP contribution in [0.2, 0.25) is 0 Å². The molecular formula is C22H24N6O2S. The third-order valence-electron chi connectivity index (χ3n) is 5.45. The van der Waals surface area contributed by atoms with Crippen molar-refractivity contribution < 1.29 is 9.53 Å². The molecule has 1 aliphatic rings. The minimum Gasteiger partial charge on any atom is -0.376 e. The van der Waals surface area contributed by atoms with E-state index in [2.05, 4.69) is 26.6 Å². The van der Waals surface area contributed by atoms with Crippen LogP contribution in [0.3, 0.4) is 0 Å². The molecule has 3 heterocycles. The maximum atomic E-state index is 12.7. The minimum absolute atomic E-state index is 0.103. The summed E-state index contributed by atoms with van der Waals surface area (Å²) in [5, 5.41) is 20.2. The molecule has 1 aliphatic heterocycles. The summed E-state index contributed by atoms with van der Waals surface area (Å²) in [5.74, 6) is 1.13. The van der Waals surface area contributed by atoms with Crippen LogP contribution >= 0.6 is 11.8 Å². The highest BCUT2D eigenvalue weighted by Crippen LogP contribution is 2.29. The Kier molecular flexibility index (Phi) is 6.39. The summed E-state index contributed by atoms with van der Waals surface area (Å²) in [7, 11) is 0. The highest BCUT2D eigenvalue weighted by Gasteiger charge is 2.24. The SMILES string of the molecule is Cc1c(C#N)c(NC(=O)CSc2n[nH]c(-c3ccccc3)n2)n(C[C@@H]2CCCO2)c1C. The second-order valence-corrected chi connectivity index (χ2v) is 8.40. The molecular weight excluding hydrogens is 412 g/mol. The number of hydrogen-bond donors (Lipinski definition) is 2. The van der Waals surface area contributed by atoms with Gasteiger partial charge >= 0.3 is 0 Å². The molecule has 1 fully saturated rings. The van der Waals surface area contributed by atoms with E-state index in [4.69, 9.17) is 4.74 Å². The Balaban J connectivity index is 1.44. The zero-order valence-electron chi connectivity index (χ0n) is 17.5. The average molecular weight is 437 g/mol. The monoisotopic (exact) mass is 436 g/mol. The number of carbonyl (C=O) groups is 1. The lowest BCUT2D eigenvalue weighted by Gasteiger charge is -2.16.